The summed E-state index contributed by atoms with van der Waals surface area (Å²) in [6.07, 6.45) is 10.1. The van der Waals surface area contributed by atoms with E-state index in [1.807, 2.05) is 31.3 Å². The number of hydrogen-bond donors (Lipinski definition) is 3. The van der Waals surface area contributed by atoms with E-state index in [1.165, 1.54) is 32.4 Å². The number of H-pyrrole nitrogens is 1. The number of allylic oxidation sites excluding steroid dienone is 2. The number of benzene rings is 1. The Morgan fingerprint density at radius 2 is 1.85 bits per heavy atom. The number of nitrogens with one attached hydrogen (secondary N) is 2. The van der Waals surface area contributed by atoms with Gasteiger partial charge in [0.15, 0.2) is 0 Å². The summed E-state index contributed by atoms with van der Waals surface area (Å²) in [5, 5.41) is 13.3. The van der Waals surface area contributed by atoms with Crippen molar-refractivity contribution in [3.8, 4) is 0 Å². The Kier molecular flexibility index (Phi) is 8.45. The van der Waals surface area contributed by atoms with Gasteiger partial charge in [0.05, 0.1) is 17.4 Å². The van der Waals surface area contributed by atoms with E-state index in [0.29, 0.717) is 6.04 Å². The quantitative estimate of drug-likeness (QED) is 0.236. The molecule has 2 fully saturated rings. The molecular weight excluding hydrogens is 442 g/mol. The summed E-state index contributed by atoms with van der Waals surface area (Å²) in [7, 11) is 0. The van der Waals surface area contributed by atoms with Crippen LogP contribution in [0.15, 0.2) is 57.1 Å². The molecule has 2 aliphatic heterocycles. The average molecular weight is 480 g/mol. The summed E-state index contributed by atoms with van der Waals surface area (Å²) in [6.45, 7) is 10.6. The topological polar surface area (TPSA) is 71.9 Å². The van der Waals surface area contributed by atoms with Gasteiger partial charge in [0, 0.05) is 30.2 Å². The first kappa shape index (κ1) is 24.5. The Balaban J connectivity index is 1.53. The van der Waals surface area contributed by atoms with Crippen LogP contribution in [0.4, 0.5) is 5.69 Å². The van der Waals surface area contributed by atoms with Crippen LogP contribution in [0.1, 0.15) is 52.9 Å². The zero-order valence-corrected chi connectivity index (χ0v) is 21.5. The second-order valence-electron chi connectivity index (χ2n) is 9.42. The molecule has 1 aromatic carbocycles. The van der Waals surface area contributed by atoms with Crippen LogP contribution in [0.2, 0.25) is 0 Å². The Labute approximate surface area is 208 Å². The van der Waals surface area contributed by atoms with E-state index in [0.717, 1.165) is 65.6 Å². The van der Waals surface area contributed by atoms with Crippen LogP contribution in [0.5, 0.6) is 0 Å². The maximum absolute atomic E-state index is 4.98. The van der Waals surface area contributed by atoms with Crippen molar-refractivity contribution in [1.82, 2.24) is 20.0 Å². The highest BCUT2D eigenvalue weighted by molar-refractivity contribution is 7.83. The number of likely N-dealkylation sites (tertiary alicyclic amines) is 2. The molecule has 0 atom stereocenters. The molecule has 0 saturated carbocycles. The maximum Gasteiger partial charge on any atom is 0.227 e. The first-order chi connectivity index (χ1) is 16.5. The van der Waals surface area contributed by atoms with Crippen molar-refractivity contribution in [2.24, 2.45) is 9.98 Å². The standard InChI is InChI=1S/C26H37N7S/c1-19(2)24(11-16-34)30-26(33-14-9-23(10-15-33)32-12-5-4-6-13-32)29-20(3)28-22-7-8-25-21(17-22)18-27-31-25/h7-8,11,16-18,23,34H,4-6,9-10,12-15H2,1-3H3,(H,27,31)(H,28,29,30)/b16-11-. The van der Waals surface area contributed by atoms with Crippen molar-refractivity contribution in [1.29, 1.82) is 0 Å². The largest absolute Gasteiger partial charge is 0.344 e. The maximum atomic E-state index is 4.98. The molecule has 2 N–H and O–H groups in total. The van der Waals surface area contributed by atoms with Gasteiger partial charge in [0.2, 0.25) is 5.96 Å². The van der Waals surface area contributed by atoms with Gasteiger partial charge in [-0.1, -0.05) is 12.0 Å². The summed E-state index contributed by atoms with van der Waals surface area (Å²) >= 11 is 4.28. The van der Waals surface area contributed by atoms with Gasteiger partial charge in [-0.2, -0.15) is 17.7 Å². The SMILES string of the molecule is CC(C)=C(/C=C\S)N=C(/N=C(\C)Nc1ccc2[nH]ncc2c1)N1CCC(N2CCCCC2)CC1. The predicted octanol–water partition coefficient (Wildman–Crippen LogP) is 5.44. The molecule has 4 rings (SSSR count). The van der Waals surface area contributed by atoms with Gasteiger partial charge in [-0.15, -0.1) is 0 Å². The fraction of sp³-hybridized carbons (Fsp3) is 0.500. The highest BCUT2D eigenvalue weighted by Crippen LogP contribution is 2.22. The second-order valence-corrected chi connectivity index (χ2v) is 9.72. The average Bonchev–Trinajstić information content (AvgIpc) is 3.32. The molecule has 0 spiro atoms. The van der Waals surface area contributed by atoms with Gasteiger partial charge in [-0.25, -0.2) is 9.98 Å². The molecule has 8 heteroatoms. The van der Waals surface area contributed by atoms with E-state index in [4.69, 9.17) is 9.98 Å². The summed E-state index contributed by atoms with van der Waals surface area (Å²) in [6, 6.07) is 6.81. The fourth-order valence-corrected chi connectivity index (χ4v) is 4.92. The van der Waals surface area contributed by atoms with Crippen LogP contribution >= 0.6 is 12.6 Å². The van der Waals surface area contributed by atoms with Crippen molar-refractivity contribution in [3.63, 3.8) is 0 Å². The third-order valence-corrected chi connectivity index (χ3v) is 6.80. The van der Waals surface area contributed by atoms with Gasteiger partial charge in [0.25, 0.3) is 0 Å². The van der Waals surface area contributed by atoms with Crippen molar-refractivity contribution in [2.45, 2.75) is 58.9 Å². The fourth-order valence-electron chi connectivity index (χ4n) is 4.78. The molecule has 34 heavy (non-hydrogen) atoms. The molecular formula is C26H37N7S. The smallest absolute Gasteiger partial charge is 0.227 e. The Morgan fingerprint density at radius 3 is 2.56 bits per heavy atom. The molecule has 2 aliphatic rings. The molecule has 7 nitrogen and oxygen atoms in total. The normalized spacial score (nSPS) is 19.2. The third-order valence-electron chi connectivity index (χ3n) is 6.65. The highest BCUT2D eigenvalue weighted by Gasteiger charge is 2.27. The van der Waals surface area contributed by atoms with Gasteiger partial charge >= 0.3 is 0 Å². The molecule has 0 aliphatic carbocycles. The number of hydrogen-bond acceptors (Lipinski definition) is 4. The number of guanidine groups is 1. The lowest BCUT2D eigenvalue weighted by atomic mass is 10.00. The van der Waals surface area contributed by atoms with Gasteiger partial charge in [-0.05, 0) is 89.2 Å². The lowest BCUT2D eigenvalue weighted by Gasteiger charge is -2.40. The van der Waals surface area contributed by atoms with E-state index in [1.54, 1.807) is 5.41 Å². The number of piperidine rings is 2. The molecule has 182 valence electrons. The molecule has 2 aromatic rings. The van der Waals surface area contributed by atoms with E-state index in [9.17, 15) is 0 Å². The van der Waals surface area contributed by atoms with Crippen LogP contribution < -0.4 is 5.32 Å². The van der Waals surface area contributed by atoms with Crippen LogP contribution in [0.3, 0.4) is 0 Å². The minimum Gasteiger partial charge on any atom is -0.344 e. The Bertz CT molecular complexity index is 1080. The number of thiol groups is 1. The van der Waals surface area contributed by atoms with Crippen LogP contribution in [-0.4, -0.2) is 64.0 Å². The second kappa shape index (κ2) is 11.7. The summed E-state index contributed by atoms with van der Waals surface area (Å²) in [4.78, 5) is 15.0. The molecule has 3 heterocycles. The number of rotatable bonds is 4. The molecule has 0 radical (unpaired) electrons. The minimum atomic E-state index is 0.683. The summed E-state index contributed by atoms with van der Waals surface area (Å²) in [5.41, 5.74) is 4.04. The summed E-state index contributed by atoms with van der Waals surface area (Å²) in [5.74, 6) is 1.57. The number of anilines is 1. The molecule has 1 aromatic heterocycles. The predicted molar refractivity (Wildman–Crippen MR) is 147 cm³/mol. The summed E-state index contributed by atoms with van der Waals surface area (Å²) < 4.78 is 0. The lowest BCUT2D eigenvalue weighted by Crippen LogP contribution is -2.48. The lowest BCUT2D eigenvalue weighted by molar-refractivity contribution is 0.114. The number of aromatic amines is 1. The first-order valence-electron chi connectivity index (χ1n) is 12.3. The van der Waals surface area contributed by atoms with Gasteiger partial charge in [0.1, 0.15) is 5.84 Å². The number of aromatic nitrogens is 2. The van der Waals surface area contributed by atoms with Crippen LogP contribution in [0, 0.1) is 0 Å². The number of nitrogens with zero attached hydrogens (tertiary/aromatic N) is 5. The number of aliphatic imine (C=N–C) groups is 2. The minimum absolute atomic E-state index is 0.683. The molecule has 2 saturated heterocycles. The van der Waals surface area contributed by atoms with Gasteiger partial charge < -0.3 is 15.1 Å². The van der Waals surface area contributed by atoms with E-state index < -0.39 is 0 Å². The zero-order chi connectivity index (χ0) is 23.9. The monoisotopic (exact) mass is 479 g/mol. The van der Waals surface area contributed by atoms with Gasteiger partial charge in [-0.3, -0.25) is 5.10 Å². The van der Waals surface area contributed by atoms with Crippen molar-refractivity contribution in [2.75, 3.05) is 31.5 Å². The van der Waals surface area contributed by atoms with Crippen molar-refractivity contribution >= 4 is 41.0 Å². The molecule has 0 unspecified atom stereocenters. The Morgan fingerprint density at radius 1 is 1.09 bits per heavy atom. The zero-order valence-electron chi connectivity index (χ0n) is 20.6. The third kappa shape index (κ3) is 6.30. The van der Waals surface area contributed by atoms with Crippen LogP contribution in [-0.2, 0) is 0 Å². The van der Waals surface area contributed by atoms with Crippen molar-refractivity contribution < 1.29 is 0 Å². The number of fused-ring (bicyclic) bond motifs is 1. The first-order valence-corrected chi connectivity index (χ1v) is 12.9. The Hall–Kier alpha value is -2.58. The molecule has 0 bridgehead atoms. The molecule has 0 amide bonds. The van der Waals surface area contributed by atoms with E-state index >= 15 is 0 Å². The van der Waals surface area contributed by atoms with E-state index in [2.05, 4.69) is 57.9 Å². The number of amidine groups is 1. The van der Waals surface area contributed by atoms with Crippen molar-refractivity contribution in [3.05, 3.63) is 47.2 Å². The highest BCUT2D eigenvalue weighted by atomic mass is 32.1. The van der Waals surface area contributed by atoms with E-state index in [-0.39, 0.29) is 0 Å². The van der Waals surface area contributed by atoms with Crippen LogP contribution in [0.25, 0.3) is 10.9 Å².